The first-order valence-electron chi connectivity index (χ1n) is 12.1. The molecule has 7 nitrogen and oxygen atoms in total. The number of fused-ring (bicyclic) bond motifs is 1. The van der Waals surface area contributed by atoms with Crippen LogP contribution in [0.15, 0.2) is 70.1 Å². The normalized spacial score (nSPS) is 14.3. The SMILES string of the molecule is CCCc1nc(N2CCCN(C(=O)CSc3ccccc3)CC2)c2c(-c3ccccc3)noc2n1. The average molecular weight is 488 g/mol. The maximum atomic E-state index is 13.0. The monoisotopic (exact) mass is 487 g/mol. The van der Waals surface area contributed by atoms with Crippen molar-refractivity contribution in [3.05, 3.63) is 66.5 Å². The zero-order valence-corrected chi connectivity index (χ0v) is 20.7. The number of carbonyl (C=O) groups is 1. The molecule has 5 rings (SSSR count). The van der Waals surface area contributed by atoms with E-state index in [2.05, 4.69) is 22.0 Å². The molecular formula is C27H29N5O2S. The Labute approximate surface area is 209 Å². The molecule has 180 valence electrons. The first kappa shape index (κ1) is 23.4. The second-order valence-corrected chi connectivity index (χ2v) is 9.66. The highest BCUT2D eigenvalue weighted by atomic mass is 32.2. The van der Waals surface area contributed by atoms with Crippen molar-refractivity contribution in [2.45, 2.75) is 31.1 Å². The Hall–Kier alpha value is -3.39. The summed E-state index contributed by atoms with van der Waals surface area (Å²) in [6.45, 7) is 5.04. The summed E-state index contributed by atoms with van der Waals surface area (Å²) in [5, 5.41) is 5.21. The van der Waals surface area contributed by atoms with Gasteiger partial charge >= 0.3 is 0 Å². The predicted octanol–water partition coefficient (Wildman–Crippen LogP) is 5.07. The Morgan fingerprint density at radius 2 is 1.74 bits per heavy atom. The fourth-order valence-corrected chi connectivity index (χ4v) is 5.19. The Bertz CT molecular complexity index is 1280. The van der Waals surface area contributed by atoms with Gasteiger partial charge in [0.2, 0.25) is 5.91 Å². The third-order valence-corrected chi connectivity index (χ3v) is 7.13. The summed E-state index contributed by atoms with van der Waals surface area (Å²) in [5.74, 6) is 2.25. The van der Waals surface area contributed by atoms with E-state index in [0.29, 0.717) is 24.6 Å². The zero-order valence-electron chi connectivity index (χ0n) is 19.9. The number of hydrogen-bond donors (Lipinski definition) is 0. The van der Waals surface area contributed by atoms with E-state index in [4.69, 9.17) is 9.51 Å². The zero-order chi connectivity index (χ0) is 24.0. The highest BCUT2D eigenvalue weighted by Crippen LogP contribution is 2.34. The molecule has 1 aliphatic heterocycles. The van der Waals surface area contributed by atoms with Crippen LogP contribution in [0.5, 0.6) is 0 Å². The summed E-state index contributed by atoms with van der Waals surface area (Å²) < 4.78 is 5.69. The summed E-state index contributed by atoms with van der Waals surface area (Å²) in [4.78, 5) is 27.9. The van der Waals surface area contributed by atoms with Gasteiger partial charge in [-0.3, -0.25) is 4.79 Å². The van der Waals surface area contributed by atoms with Crippen molar-refractivity contribution in [3.63, 3.8) is 0 Å². The molecule has 0 bridgehead atoms. The van der Waals surface area contributed by atoms with E-state index >= 15 is 0 Å². The minimum atomic E-state index is 0.176. The van der Waals surface area contributed by atoms with Gasteiger partial charge in [-0.1, -0.05) is 60.6 Å². The van der Waals surface area contributed by atoms with Gasteiger partial charge in [-0.05, 0) is 25.0 Å². The topological polar surface area (TPSA) is 75.4 Å². The molecule has 4 aromatic rings. The third kappa shape index (κ3) is 5.32. The van der Waals surface area contributed by atoms with Gasteiger partial charge in [-0.2, -0.15) is 4.98 Å². The predicted molar refractivity (Wildman–Crippen MR) is 140 cm³/mol. The minimum absolute atomic E-state index is 0.176. The number of benzene rings is 2. The van der Waals surface area contributed by atoms with E-state index in [0.717, 1.165) is 65.5 Å². The number of nitrogens with zero attached hydrogens (tertiary/aromatic N) is 5. The number of aromatic nitrogens is 3. The Balaban J connectivity index is 1.38. The lowest BCUT2D eigenvalue weighted by Crippen LogP contribution is -2.36. The van der Waals surface area contributed by atoms with Gasteiger partial charge in [-0.15, -0.1) is 11.8 Å². The van der Waals surface area contributed by atoms with E-state index in [9.17, 15) is 4.79 Å². The number of carbonyl (C=O) groups excluding carboxylic acids is 1. The molecule has 0 unspecified atom stereocenters. The van der Waals surface area contributed by atoms with Crippen LogP contribution in [0, 0.1) is 0 Å². The number of hydrogen-bond acceptors (Lipinski definition) is 7. The van der Waals surface area contributed by atoms with Crippen molar-refractivity contribution in [1.29, 1.82) is 0 Å². The van der Waals surface area contributed by atoms with E-state index in [-0.39, 0.29) is 5.91 Å². The lowest BCUT2D eigenvalue weighted by molar-refractivity contribution is -0.128. The fourth-order valence-electron chi connectivity index (χ4n) is 4.37. The standard InChI is InChI=1S/C27H29N5O2S/c1-2-10-22-28-26(24-25(30-34-27(24)29-22)20-11-5-3-6-12-20)32-16-9-15-31(17-18-32)23(33)19-35-21-13-7-4-8-14-21/h3-8,11-14H,2,9-10,15-19H2,1H3. The Morgan fingerprint density at radius 3 is 2.51 bits per heavy atom. The van der Waals surface area contributed by atoms with E-state index in [1.54, 1.807) is 11.8 Å². The van der Waals surface area contributed by atoms with Gasteiger partial charge in [0, 0.05) is 43.1 Å². The van der Waals surface area contributed by atoms with Crippen molar-refractivity contribution in [2.24, 2.45) is 0 Å². The molecule has 2 aromatic carbocycles. The molecule has 0 atom stereocenters. The number of aryl methyl sites for hydroxylation is 1. The number of thioether (sulfide) groups is 1. The van der Waals surface area contributed by atoms with Crippen molar-refractivity contribution in [2.75, 3.05) is 36.8 Å². The molecular weight excluding hydrogens is 458 g/mol. The van der Waals surface area contributed by atoms with Gasteiger partial charge < -0.3 is 14.3 Å². The molecule has 0 spiro atoms. The van der Waals surface area contributed by atoms with Crippen molar-refractivity contribution >= 4 is 34.6 Å². The molecule has 1 saturated heterocycles. The molecule has 1 aliphatic rings. The van der Waals surface area contributed by atoms with Crippen LogP contribution in [0.3, 0.4) is 0 Å². The summed E-state index contributed by atoms with van der Waals surface area (Å²) in [6, 6.07) is 20.1. The third-order valence-electron chi connectivity index (χ3n) is 6.14. The molecule has 0 saturated carbocycles. The van der Waals surface area contributed by atoms with Crippen LogP contribution < -0.4 is 4.90 Å². The van der Waals surface area contributed by atoms with Crippen LogP contribution in [-0.4, -0.2) is 57.9 Å². The van der Waals surface area contributed by atoms with Gasteiger partial charge in [0.05, 0.1) is 5.75 Å². The summed E-state index contributed by atoms with van der Waals surface area (Å²) in [7, 11) is 0. The smallest absolute Gasteiger partial charge is 0.263 e. The van der Waals surface area contributed by atoms with Crippen molar-refractivity contribution < 1.29 is 9.32 Å². The van der Waals surface area contributed by atoms with Crippen LogP contribution in [0.25, 0.3) is 22.4 Å². The van der Waals surface area contributed by atoms with E-state index in [1.807, 2.05) is 65.6 Å². The quantitative estimate of drug-likeness (QED) is 0.337. The summed E-state index contributed by atoms with van der Waals surface area (Å²) in [6.07, 6.45) is 2.60. The van der Waals surface area contributed by atoms with Gasteiger partial charge in [0.25, 0.3) is 5.71 Å². The van der Waals surface area contributed by atoms with Crippen LogP contribution in [0.2, 0.25) is 0 Å². The van der Waals surface area contributed by atoms with E-state index in [1.165, 1.54) is 0 Å². The fraction of sp³-hybridized carbons (Fsp3) is 0.333. The highest BCUT2D eigenvalue weighted by molar-refractivity contribution is 8.00. The van der Waals surface area contributed by atoms with Crippen molar-refractivity contribution in [1.82, 2.24) is 20.0 Å². The van der Waals surface area contributed by atoms with Crippen LogP contribution in [0.1, 0.15) is 25.6 Å². The lowest BCUT2D eigenvalue weighted by atomic mass is 10.1. The summed E-state index contributed by atoms with van der Waals surface area (Å²) >= 11 is 1.59. The Morgan fingerprint density at radius 1 is 0.971 bits per heavy atom. The first-order chi connectivity index (χ1) is 17.2. The largest absolute Gasteiger partial charge is 0.354 e. The molecule has 1 amide bonds. The van der Waals surface area contributed by atoms with Crippen LogP contribution >= 0.6 is 11.8 Å². The molecule has 0 N–H and O–H groups in total. The van der Waals surface area contributed by atoms with Crippen molar-refractivity contribution in [3.8, 4) is 11.3 Å². The molecule has 3 heterocycles. The summed E-state index contributed by atoms with van der Waals surface area (Å²) in [5.41, 5.74) is 2.26. The Kier molecular flexibility index (Phi) is 7.28. The highest BCUT2D eigenvalue weighted by Gasteiger charge is 2.25. The first-order valence-corrected chi connectivity index (χ1v) is 13.1. The van der Waals surface area contributed by atoms with E-state index < -0.39 is 0 Å². The van der Waals surface area contributed by atoms with Crippen LogP contribution in [0.4, 0.5) is 5.82 Å². The van der Waals surface area contributed by atoms with Crippen LogP contribution in [-0.2, 0) is 11.2 Å². The second kappa shape index (κ2) is 10.9. The molecule has 8 heteroatoms. The maximum absolute atomic E-state index is 13.0. The number of amides is 1. The van der Waals surface area contributed by atoms with Gasteiger partial charge in [-0.25, -0.2) is 4.98 Å². The molecule has 1 fully saturated rings. The lowest BCUT2D eigenvalue weighted by Gasteiger charge is -2.23. The minimum Gasteiger partial charge on any atom is -0.354 e. The number of rotatable bonds is 7. The molecule has 0 radical (unpaired) electrons. The second-order valence-electron chi connectivity index (χ2n) is 8.61. The maximum Gasteiger partial charge on any atom is 0.263 e. The average Bonchev–Trinajstić information content (AvgIpc) is 3.17. The van der Waals surface area contributed by atoms with Gasteiger partial charge in [0.15, 0.2) is 0 Å². The molecule has 0 aliphatic carbocycles. The van der Waals surface area contributed by atoms with Gasteiger partial charge in [0.1, 0.15) is 22.7 Å². The molecule has 35 heavy (non-hydrogen) atoms. The number of anilines is 1. The molecule has 2 aromatic heterocycles.